The zero-order valence-corrected chi connectivity index (χ0v) is 14.2. The number of ether oxygens (including phenoxy) is 1. The molecular weight excluding hydrogens is 308 g/mol. The molecule has 6 heteroatoms. The van der Waals surface area contributed by atoms with Crippen molar-refractivity contribution in [2.24, 2.45) is 0 Å². The van der Waals surface area contributed by atoms with Gasteiger partial charge in [0.05, 0.1) is 7.11 Å². The number of carbonyl (C=O) groups is 3. The largest absolute Gasteiger partial charge is 0.497 e. The molecule has 1 N–H and O–H groups in total. The smallest absolute Gasteiger partial charge is 0.253 e. The summed E-state index contributed by atoms with van der Waals surface area (Å²) in [5, 5.41) is 2.94. The Bertz CT molecular complexity index is 607. The van der Waals surface area contributed by atoms with E-state index in [1.54, 1.807) is 36.3 Å². The molecule has 1 fully saturated rings. The van der Waals surface area contributed by atoms with Crippen LogP contribution in [-0.2, 0) is 9.59 Å². The average molecular weight is 332 g/mol. The lowest BCUT2D eigenvalue weighted by atomic mass is 10.0. The van der Waals surface area contributed by atoms with Gasteiger partial charge in [0.25, 0.3) is 5.91 Å². The normalized spacial score (nSPS) is 15.0. The van der Waals surface area contributed by atoms with Gasteiger partial charge in [-0.05, 0) is 38.0 Å². The van der Waals surface area contributed by atoms with E-state index in [0.717, 1.165) is 12.8 Å². The fourth-order valence-corrected chi connectivity index (χ4v) is 2.75. The number of nitrogens with zero attached hydrogens (tertiary/aromatic N) is 1. The number of methoxy groups -OCH3 is 1. The number of carbonyl (C=O) groups excluding carboxylic acids is 3. The molecule has 0 radical (unpaired) electrons. The van der Waals surface area contributed by atoms with Gasteiger partial charge in [-0.3, -0.25) is 9.59 Å². The molecule has 1 aromatic carbocycles. The van der Waals surface area contributed by atoms with E-state index in [1.165, 1.54) is 6.92 Å². The first-order valence-corrected chi connectivity index (χ1v) is 8.21. The Hall–Kier alpha value is -2.37. The molecule has 0 atom stereocenters. The molecular formula is C18H24N2O4. The van der Waals surface area contributed by atoms with Crippen LogP contribution in [0.1, 0.15) is 43.0 Å². The molecule has 0 bridgehead atoms. The number of Topliss-reactive ketones (excluding diaryl/α,β-unsaturated/α-hetero) is 1. The van der Waals surface area contributed by atoms with Crippen LogP contribution in [0.3, 0.4) is 0 Å². The van der Waals surface area contributed by atoms with Gasteiger partial charge in [0.1, 0.15) is 11.5 Å². The molecule has 2 rings (SSSR count). The zero-order valence-electron chi connectivity index (χ0n) is 14.2. The highest BCUT2D eigenvalue weighted by molar-refractivity contribution is 5.94. The molecule has 1 aliphatic heterocycles. The topological polar surface area (TPSA) is 75.7 Å². The molecule has 1 aliphatic rings. The number of ketones is 1. The molecule has 1 heterocycles. The maximum Gasteiger partial charge on any atom is 0.253 e. The van der Waals surface area contributed by atoms with Crippen LogP contribution in [0.5, 0.6) is 5.75 Å². The Kier molecular flexibility index (Phi) is 6.35. The fraction of sp³-hybridized carbons (Fsp3) is 0.500. The van der Waals surface area contributed by atoms with Crippen LogP contribution < -0.4 is 10.1 Å². The number of rotatable bonds is 6. The Balaban J connectivity index is 1.82. The lowest BCUT2D eigenvalue weighted by molar-refractivity contribution is -0.125. The second kappa shape index (κ2) is 8.47. The minimum atomic E-state index is -0.0947. The summed E-state index contributed by atoms with van der Waals surface area (Å²) in [6, 6.07) is 7.19. The van der Waals surface area contributed by atoms with Crippen molar-refractivity contribution < 1.29 is 19.1 Å². The first kappa shape index (κ1) is 18.0. The Morgan fingerprint density at radius 1 is 1.21 bits per heavy atom. The van der Waals surface area contributed by atoms with E-state index in [9.17, 15) is 14.4 Å². The van der Waals surface area contributed by atoms with Crippen LogP contribution in [-0.4, -0.2) is 48.7 Å². The quantitative estimate of drug-likeness (QED) is 0.862. The van der Waals surface area contributed by atoms with Gasteiger partial charge in [-0.1, -0.05) is 6.07 Å². The highest BCUT2D eigenvalue weighted by Crippen LogP contribution is 2.18. The van der Waals surface area contributed by atoms with Crippen LogP contribution in [0.25, 0.3) is 0 Å². The number of hydrogen-bond donors (Lipinski definition) is 1. The Labute approximate surface area is 142 Å². The highest BCUT2D eigenvalue weighted by atomic mass is 16.5. The Morgan fingerprint density at radius 3 is 2.54 bits per heavy atom. The molecule has 2 amide bonds. The van der Waals surface area contributed by atoms with Gasteiger partial charge >= 0.3 is 0 Å². The number of piperidine rings is 1. The summed E-state index contributed by atoms with van der Waals surface area (Å²) in [6.45, 7) is 2.69. The molecule has 0 saturated carbocycles. The third-order valence-electron chi connectivity index (χ3n) is 4.17. The van der Waals surface area contributed by atoms with Crippen molar-refractivity contribution in [2.45, 2.75) is 38.6 Å². The van der Waals surface area contributed by atoms with E-state index in [1.807, 2.05) is 0 Å². The monoisotopic (exact) mass is 332 g/mol. The minimum Gasteiger partial charge on any atom is -0.497 e. The summed E-state index contributed by atoms with van der Waals surface area (Å²) in [7, 11) is 1.57. The van der Waals surface area contributed by atoms with Gasteiger partial charge in [0, 0.05) is 37.5 Å². The number of benzene rings is 1. The number of nitrogens with one attached hydrogen (secondary N) is 1. The van der Waals surface area contributed by atoms with E-state index in [-0.39, 0.29) is 36.5 Å². The maximum absolute atomic E-state index is 12.5. The second-order valence-corrected chi connectivity index (χ2v) is 6.07. The van der Waals surface area contributed by atoms with Gasteiger partial charge < -0.3 is 19.7 Å². The van der Waals surface area contributed by atoms with Crippen LogP contribution in [0.4, 0.5) is 0 Å². The minimum absolute atomic E-state index is 0.0175. The summed E-state index contributed by atoms with van der Waals surface area (Å²) < 4.78 is 5.15. The first-order valence-electron chi connectivity index (χ1n) is 8.21. The number of amides is 2. The SMILES string of the molecule is COc1cccc(C(=O)N2CCC(NC(=O)CCC(C)=O)CC2)c1. The van der Waals surface area contributed by atoms with E-state index in [2.05, 4.69) is 5.32 Å². The van der Waals surface area contributed by atoms with E-state index in [0.29, 0.717) is 24.4 Å². The summed E-state index contributed by atoms with van der Waals surface area (Å²) >= 11 is 0. The Morgan fingerprint density at radius 2 is 1.92 bits per heavy atom. The lowest BCUT2D eigenvalue weighted by Gasteiger charge is -2.32. The standard InChI is InChI=1S/C18H24N2O4/c1-13(21)6-7-17(22)19-15-8-10-20(11-9-15)18(23)14-4-3-5-16(12-14)24-2/h3-5,12,15H,6-11H2,1-2H3,(H,19,22). The predicted octanol–water partition coefficient (Wildman–Crippen LogP) is 1.79. The van der Waals surface area contributed by atoms with Crippen molar-refractivity contribution in [3.63, 3.8) is 0 Å². The zero-order chi connectivity index (χ0) is 17.5. The average Bonchev–Trinajstić information content (AvgIpc) is 2.60. The molecule has 1 saturated heterocycles. The summed E-state index contributed by atoms with van der Waals surface area (Å²) in [4.78, 5) is 37.0. The lowest BCUT2D eigenvalue weighted by Crippen LogP contribution is -2.46. The molecule has 130 valence electrons. The molecule has 1 aromatic rings. The molecule has 24 heavy (non-hydrogen) atoms. The molecule has 0 aromatic heterocycles. The fourth-order valence-electron chi connectivity index (χ4n) is 2.75. The van der Waals surface area contributed by atoms with Crippen molar-refractivity contribution in [1.82, 2.24) is 10.2 Å². The number of hydrogen-bond acceptors (Lipinski definition) is 4. The van der Waals surface area contributed by atoms with Crippen molar-refractivity contribution in [3.05, 3.63) is 29.8 Å². The molecule has 0 unspecified atom stereocenters. The van der Waals surface area contributed by atoms with E-state index < -0.39 is 0 Å². The number of likely N-dealkylation sites (tertiary alicyclic amines) is 1. The predicted molar refractivity (Wildman–Crippen MR) is 90.0 cm³/mol. The third kappa shape index (κ3) is 5.08. The van der Waals surface area contributed by atoms with E-state index >= 15 is 0 Å². The summed E-state index contributed by atoms with van der Waals surface area (Å²) in [5.41, 5.74) is 0.610. The van der Waals surface area contributed by atoms with Gasteiger partial charge in [-0.2, -0.15) is 0 Å². The van der Waals surface area contributed by atoms with Crippen molar-refractivity contribution in [2.75, 3.05) is 20.2 Å². The van der Waals surface area contributed by atoms with Crippen molar-refractivity contribution in [3.8, 4) is 5.75 Å². The van der Waals surface area contributed by atoms with Crippen molar-refractivity contribution in [1.29, 1.82) is 0 Å². The summed E-state index contributed by atoms with van der Waals surface area (Å²) in [6.07, 6.45) is 1.96. The van der Waals surface area contributed by atoms with Crippen LogP contribution in [0.15, 0.2) is 24.3 Å². The summed E-state index contributed by atoms with van der Waals surface area (Å²) in [5.74, 6) is 0.565. The van der Waals surface area contributed by atoms with Gasteiger partial charge in [0.15, 0.2) is 0 Å². The maximum atomic E-state index is 12.5. The van der Waals surface area contributed by atoms with Gasteiger partial charge in [-0.15, -0.1) is 0 Å². The second-order valence-electron chi connectivity index (χ2n) is 6.07. The van der Waals surface area contributed by atoms with E-state index in [4.69, 9.17) is 4.74 Å². The molecule has 0 spiro atoms. The first-order chi connectivity index (χ1) is 11.5. The molecule has 6 nitrogen and oxygen atoms in total. The highest BCUT2D eigenvalue weighted by Gasteiger charge is 2.24. The van der Waals surface area contributed by atoms with Crippen LogP contribution in [0, 0.1) is 0 Å². The van der Waals surface area contributed by atoms with Crippen molar-refractivity contribution >= 4 is 17.6 Å². The van der Waals surface area contributed by atoms with Gasteiger partial charge in [0.2, 0.25) is 5.91 Å². The van der Waals surface area contributed by atoms with Gasteiger partial charge in [-0.25, -0.2) is 0 Å². The van der Waals surface area contributed by atoms with Crippen LogP contribution in [0.2, 0.25) is 0 Å². The van der Waals surface area contributed by atoms with Crippen LogP contribution >= 0.6 is 0 Å². The third-order valence-corrected chi connectivity index (χ3v) is 4.17. The molecule has 0 aliphatic carbocycles.